The van der Waals surface area contributed by atoms with Gasteiger partial charge in [-0.15, -0.1) is 0 Å². The normalized spacial score (nSPS) is 11.1. The molecule has 0 unspecified atom stereocenters. The predicted molar refractivity (Wildman–Crippen MR) is 119 cm³/mol. The van der Waals surface area contributed by atoms with E-state index in [4.69, 9.17) is 5.73 Å². The summed E-state index contributed by atoms with van der Waals surface area (Å²) in [5, 5.41) is 10.2. The Morgan fingerprint density at radius 1 is 0.969 bits per heavy atom. The first-order valence-electron chi connectivity index (χ1n) is 9.70. The van der Waals surface area contributed by atoms with Gasteiger partial charge in [0.2, 0.25) is 5.91 Å². The second-order valence-corrected chi connectivity index (χ2v) is 7.25. The average Bonchev–Trinajstić information content (AvgIpc) is 3.22. The van der Waals surface area contributed by atoms with Crippen molar-refractivity contribution in [1.82, 2.24) is 14.0 Å². The van der Waals surface area contributed by atoms with Crippen molar-refractivity contribution in [2.75, 3.05) is 0 Å². The van der Waals surface area contributed by atoms with Crippen molar-refractivity contribution in [2.45, 2.75) is 0 Å². The van der Waals surface area contributed by atoms with E-state index < -0.39 is 17.4 Å². The number of aromatic nitrogens is 3. The first-order chi connectivity index (χ1) is 15.4. The van der Waals surface area contributed by atoms with Crippen LogP contribution in [0.15, 0.2) is 83.9 Å². The van der Waals surface area contributed by atoms with E-state index in [0.717, 1.165) is 0 Å². The van der Waals surface area contributed by atoms with Gasteiger partial charge < -0.3 is 15.2 Å². The van der Waals surface area contributed by atoms with Crippen LogP contribution in [0.5, 0.6) is 0 Å². The number of para-hydroxylation sites is 1. The predicted octanol–water partition coefficient (Wildman–Crippen LogP) is 3.10. The maximum absolute atomic E-state index is 13.3. The van der Waals surface area contributed by atoms with Crippen molar-refractivity contribution in [3.05, 3.63) is 101 Å². The van der Waals surface area contributed by atoms with Crippen LogP contribution >= 0.6 is 0 Å². The van der Waals surface area contributed by atoms with Gasteiger partial charge in [0.1, 0.15) is 11.2 Å². The van der Waals surface area contributed by atoms with Crippen molar-refractivity contribution in [3.8, 4) is 16.9 Å². The molecule has 0 bridgehead atoms. The first kappa shape index (κ1) is 19.3. The summed E-state index contributed by atoms with van der Waals surface area (Å²) < 4.78 is 3.15. The minimum Gasteiger partial charge on any atom is -0.477 e. The van der Waals surface area contributed by atoms with Gasteiger partial charge in [-0.25, -0.2) is 9.78 Å². The van der Waals surface area contributed by atoms with Crippen LogP contribution in [0.2, 0.25) is 0 Å². The molecule has 3 N–H and O–H groups in total. The van der Waals surface area contributed by atoms with Crippen LogP contribution in [0.4, 0.5) is 0 Å². The van der Waals surface area contributed by atoms with E-state index >= 15 is 0 Å². The van der Waals surface area contributed by atoms with Gasteiger partial charge in [-0.3, -0.25) is 14.2 Å². The summed E-state index contributed by atoms with van der Waals surface area (Å²) in [5.41, 5.74) is 7.27. The number of carboxylic acid groups (broad SMARTS) is 1. The summed E-state index contributed by atoms with van der Waals surface area (Å²) in [6.07, 6.45) is 3.60. The zero-order valence-electron chi connectivity index (χ0n) is 16.6. The molecule has 1 amide bonds. The molecule has 5 aromatic rings. The zero-order valence-corrected chi connectivity index (χ0v) is 16.6. The number of carboxylic acids is 1. The average molecular weight is 424 g/mol. The summed E-state index contributed by atoms with van der Waals surface area (Å²) in [7, 11) is 0. The maximum Gasteiger partial charge on any atom is 0.341 e. The quantitative estimate of drug-likeness (QED) is 0.459. The molecule has 156 valence electrons. The molecular weight excluding hydrogens is 408 g/mol. The highest BCUT2D eigenvalue weighted by atomic mass is 16.4. The lowest BCUT2D eigenvalue weighted by Crippen LogP contribution is -2.26. The third kappa shape index (κ3) is 3.02. The summed E-state index contributed by atoms with van der Waals surface area (Å²) in [4.78, 5) is 41.5. The lowest BCUT2D eigenvalue weighted by Gasteiger charge is -2.15. The number of benzene rings is 2. The number of imidazole rings is 1. The Morgan fingerprint density at radius 2 is 1.75 bits per heavy atom. The fourth-order valence-electron chi connectivity index (χ4n) is 3.81. The van der Waals surface area contributed by atoms with Crippen LogP contribution in [-0.2, 0) is 0 Å². The molecule has 0 saturated heterocycles. The van der Waals surface area contributed by atoms with Gasteiger partial charge in [-0.1, -0.05) is 24.3 Å². The monoisotopic (exact) mass is 424 g/mol. The van der Waals surface area contributed by atoms with Gasteiger partial charge in [0.15, 0.2) is 0 Å². The Balaban J connectivity index is 1.90. The van der Waals surface area contributed by atoms with E-state index in [-0.39, 0.29) is 11.1 Å². The summed E-state index contributed by atoms with van der Waals surface area (Å²) >= 11 is 0. The van der Waals surface area contributed by atoms with Gasteiger partial charge >= 0.3 is 5.97 Å². The standard InChI is InChI=1S/C24H16N4O4/c25-22(29)15-8-9-20(16(12-15)18-13-27-10-4-3-7-21(27)26-18)28-19-6-2-1-5-14(19)11-17(23(28)30)24(31)32/h1-13H,(H2,25,29)(H,31,32). The minimum absolute atomic E-state index is 0.243. The van der Waals surface area contributed by atoms with Gasteiger partial charge in [0.05, 0.1) is 16.9 Å². The largest absolute Gasteiger partial charge is 0.477 e. The van der Waals surface area contributed by atoms with Gasteiger partial charge in [0, 0.05) is 23.5 Å². The topological polar surface area (TPSA) is 120 Å². The number of pyridine rings is 2. The van der Waals surface area contributed by atoms with Crippen molar-refractivity contribution >= 4 is 28.4 Å². The Hall–Kier alpha value is -4.72. The molecule has 0 aliphatic rings. The molecule has 0 saturated carbocycles. The van der Waals surface area contributed by atoms with E-state index in [9.17, 15) is 19.5 Å². The molecule has 0 atom stereocenters. The Morgan fingerprint density at radius 3 is 2.50 bits per heavy atom. The van der Waals surface area contributed by atoms with Crippen LogP contribution in [0.1, 0.15) is 20.7 Å². The molecule has 8 nitrogen and oxygen atoms in total. The number of carbonyl (C=O) groups excluding carboxylic acids is 1. The molecule has 3 aromatic heterocycles. The molecular formula is C24H16N4O4. The third-order valence-electron chi connectivity index (χ3n) is 5.30. The molecule has 0 fully saturated rings. The molecule has 2 aromatic carbocycles. The number of nitrogens with two attached hydrogens (primary N) is 1. The van der Waals surface area contributed by atoms with Crippen LogP contribution in [-0.4, -0.2) is 30.9 Å². The highest BCUT2D eigenvalue weighted by molar-refractivity contribution is 5.96. The molecule has 0 aliphatic carbocycles. The lowest BCUT2D eigenvalue weighted by molar-refractivity contribution is 0.0694. The second kappa shape index (κ2) is 7.21. The highest BCUT2D eigenvalue weighted by Gasteiger charge is 2.20. The third-order valence-corrected chi connectivity index (χ3v) is 5.30. The number of fused-ring (bicyclic) bond motifs is 2. The Kier molecular flexibility index (Phi) is 4.34. The summed E-state index contributed by atoms with van der Waals surface area (Å²) in [6.45, 7) is 0. The molecule has 0 spiro atoms. The Labute approximate surface area is 180 Å². The number of nitrogens with zero attached hydrogens (tertiary/aromatic N) is 3. The SMILES string of the molecule is NC(=O)c1ccc(-n2c(=O)c(C(=O)O)cc3ccccc32)c(-c2cn3ccccc3n2)c1. The molecule has 0 radical (unpaired) electrons. The highest BCUT2D eigenvalue weighted by Crippen LogP contribution is 2.29. The van der Waals surface area contributed by atoms with Crippen molar-refractivity contribution in [1.29, 1.82) is 0 Å². The van der Waals surface area contributed by atoms with Crippen LogP contribution in [0.25, 0.3) is 33.5 Å². The fourth-order valence-corrected chi connectivity index (χ4v) is 3.81. The van der Waals surface area contributed by atoms with E-state index in [1.807, 2.05) is 28.8 Å². The molecule has 0 aliphatic heterocycles. The zero-order chi connectivity index (χ0) is 22.4. The lowest BCUT2D eigenvalue weighted by atomic mass is 10.0. The van der Waals surface area contributed by atoms with E-state index in [1.165, 1.54) is 16.7 Å². The number of amides is 1. The smallest absolute Gasteiger partial charge is 0.341 e. The van der Waals surface area contributed by atoms with Crippen LogP contribution in [0, 0.1) is 0 Å². The van der Waals surface area contributed by atoms with Crippen molar-refractivity contribution in [3.63, 3.8) is 0 Å². The summed E-state index contributed by atoms with van der Waals surface area (Å²) in [5.74, 6) is -1.95. The van der Waals surface area contributed by atoms with E-state index in [2.05, 4.69) is 4.98 Å². The van der Waals surface area contributed by atoms with Gasteiger partial charge in [-0.05, 0) is 47.9 Å². The van der Waals surface area contributed by atoms with Crippen molar-refractivity contribution < 1.29 is 14.7 Å². The number of hydrogen-bond donors (Lipinski definition) is 2. The van der Waals surface area contributed by atoms with E-state index in [0.29, 0.717) is 33.5 Å². The van der Waals surface area contributed by atoms with Crippen LogP contribution < -0.4 is 11.3 Å². The van der Waals surface area contributed by atoms with Crippen molar-refractivity contribution in [2.24, 2.45) is 5.73 Å². The second-order valence-electron chi connectivity index (χ2n) is 7.25. The van der Waals surface area contributed by atoms with Gasteiger partial charge in [-0.2, -0.15) is 0 Å². The summed E-state index contributed by atoms with van der Waals surface area (Å²) in [6, 6.07) is 18.5. The number of rotatable bonds is 4. The number of aromatic carboxylic acids is 1. The van der Waals surface area contributed by atoms with Crippen LogP contribution in [0.3, 0.4) is 0 Å². The molecule has 5 rings (SSSR count). The molecule has 3 heterocycles. The fraction of sp³-hybridized carbons (Fsp3) is 0. The minimum atomic E-state index is -1.32. The molecule has 8 heteroatoms. The van der Waals surface area contributed by atoms with Gasteiger partial charge in [0.25, 0.3) is 5.56 Å². The maximum atomic E-state index is 13.3. The first-order valence-corrected chi connectivity index (χ1v) is 9.70. The number of hydrogen-bond acceptors (Lipinski definition) is 4. The molecule has 32 heavy (non-hydrogen) atoms. The van der Waals surface area contributed by atoms with E-state index in [1.54, 1.807) is 42.6 Å². The number of primary amides is 1. The Bertz CT molecular complexity index is 1580. The number of carbonyl (C=O) groups is 2.